The lowest BCUT2D eigenvalue weighted by Gasteiger charge is -2.15. The third-order valence-corrected chi connectivity index (χ3v) is 4.48. The van der Waals surface area contributed by atoms with Crippen LogP contribution in [0.25, 0.3) is 11.0 Å². The van der Waals surface area contributed by atoms with Gasteiger partial charge >= 0.3 is 11.1 Å². The van der Waals surface area contributed by atoms with Crippen molar-refractivity contribution in [3.8, 4) is 0 Å². The van der Waals surface area contributed by atoms with Crippen molar-refractivity contribution in [2.45, 2.75) is 26.4 Å². The molecule has 0 aliphatic carbocycles. The Hall–Kier alpha value is -2.86. The molecular weight excluding hydrogens is 354 g/mol. The average Bonchev–Trinajstić information content (AvgIpc) is 2.62. The maximum atomic E-state index is 12.6. The number of benzene rings is 2. The minimum Gasteiger partial charge on any atom is -0.346 e. The van der Waals surface area contributed by atoms with Gasteiger partial charge < -0.3 is 14.9 Å². The maximum Gasteiger partial charge on any atom is 0.316 e. The zero-order chi connectivity index (χ0) is 18.8. The molecule has 6 nitrogen and oxygen atoms in total. The molecule has 0 saturated carbocycles. The molecule has 2 N–H and O–H groups in total. The summed E-state index contributed by atoms with van der Waals surface area (Å²) in [6.45, 7) is 4.02. The minimum atomic E-state index is -0.704. The predicted molar refractivity (Wildman–Crippen MR) is 102 cm³/mol. The Labute approximate surface area is 154 Å². The van der Waals surface area contributed by atoms with Gasteiger partial charge in [-0.2, -0.15) is 0 Å². The van der Waals surface area contributed by atoms with Gasteiger partial charge in [-0.3, -0.25) is 14.4 Å². The van der Waals surface area contributed by atoms with E-state index in [1.807, 2.05) is 19.1 Å². The molecule has 1 aromatic heterocycles. The quantitative estimate of drug-likeness (QED) is 0.692. The number of fused-ring (bicyclic) bond motifs is 1. The van der Waals surface area contributed by atoms with E-state index >= 15 is 0 Å². The lowest BCUT2D eigenvalue weighted by molar-refractivity contribution is 0.0940. The number of aromatic nitrogens is 2. The molecular formula is C19H18ClN3O3. The molecule has 26 heavy (non-hydrogen) atoms. The van der Waals surface area contributed by atoms with Crippen LogP contribution in [0, 0.1) is 0 Å². The highest BCUT2D eigenvalue weighted by molar-refractivity contribution is 6.30. The van der Waals surface area contributed by atoms with Crippen LogP contribution >= 0.6 is 11.6 Å². The number of halogens is 1. The fourth-order valence-electron chi connectivity index (χ4n) is 2.87. The van der Waals surface area contributed by atoms with E-state index in [4.69, 9.17) is 11.6 Å². The molecule has 0 aliphatic heterocycles. The van der Waals surface area contributed by atoms with Gasteiger partial charge in [-0.25, -0.2) is 0 Å². The Morgan fingerprint density at radius 1 is 1.23 bits per heavy atom. The number of nitrogens with one attached hydrogen (secondary N) is 2. The molecule has 7 heteroatoms. The Kier molecular flexibility index (Phi) is 4.95. The van der Waals surface area contributed by atoms with Crippen LogP contribution in [0.15, 0.2) is 52.1 Å². The van der Waals surface area contributed by atoms with Gasteiger partial charge in [-0.1, -0.05) is 23.7 Å². The summed E-state index contributed by atoms with van der Waals surface area (Å²) in [5, 5.41) is 3.50. The third kappa shape index (κ3) is 3.41. The number of aryl methyl sites for hydroxylation is 1. The summed E-state index contributed by atoms with van der Waals surface area (Å²) in [6, 6.07) is 11.9. The normalized spacial score (nSPS) is 12.1. The van der Waals surface area contributed by atoms with Crippen LogP contribution in [0.4, 0.5) is 0 Å². The van der Waals surface area contributed by atoms with E-state index in [0.29, 0.717) is 28.2 Å². The number of amides is 1. The van der Waals surface area contributed by atoms with Gasteiger partial charge in [0.15, 0.2) is 0 Å². The number of hydrogen-bond acceptors (Lipinski definition) is 3. The van der Waals surface area contributed by atoms with Crippen LogP contribution in [0.5, 0.6) is 0 Å². The number of nitrogens with zero attached hydrogens (tertiary/aromatic N) is 1. The Morgan fingerprint density at radius 2 is 2.00 bits per heavy atom. The van der Waals surface area contributed by atoms with Gasteiger partial charge in [-0.05, 0) is 49.7 Å². The number of rotatable bonds is 4. The Bertz CT molecular complexity index is 1100. The predicted octanol–water partition coefficient (Wildman–Crippen LogP) is 2.85. The lowest BCUT2D eigenvalue weighted by atomic mass is 10.1. The summed E-state index contributed by atoms with van der Waals surface area (Å²) >= 11 is 5.99. The highest BCUT2D eigenvalue weighted by Crippen LogP contribution is 2.18. The second-order valence-corrected chi connectivity index (χ2v) is 6.42. The molecule has 0 unspecified atom stereocenters. The number of hydrogen-bond donors (Lipinski definition) is 2. The number of H-pyrrole nitrogens is 1. The standard InChI is InChI=1S/C19H18ClN3O3/c1-3-23-16-8-7-13(10-15(16)22-18(25)19(23)26)17(24)21-11(2)12-5-4-6-14(20)9-12/h4-11H,3H2,1-2H3,(H,21,24)(H,22,25)/t11-/m0/s1. The van der Waals surface area contributed by atoms with Crippen LogP contribution in [-0.4, -0.2) is 15.5 Å². The van der Waals surface area contributed by atoms with Gasteiger partial charge in [0.25, 0.3) is 5.91 Å². The molecule has 1 amide bonds. The van der Waals surface area contributed by atoms with Crippen LogP contribution in [0.3, 0.4) is 0 Å². The topological polar surface area (TPSA) is 84.0 Å². The molecule has 0 spiro atoms. The van der Waals surface area contributed by atoms with Crippen molar-refractivity contribution >= 4 is 28.5 Å². The molecule has 0 aliphatic rings. The summed E-state index contributed by atoms with van der Waals surface area (Å²) in [5.74, 6) is -0.283. The van der Waals surface area contributed by atoms with Crippen molar-refractivity contribution in [3.63, 3.8) is 0 Å². The first-order valence-electron chi connectivity index (χ1n) is 8.24. The first-order chi connectivity index (χ1) is 12.4. The van der Waals surface area contributed by atoms with Crippen molar-refractivity contribution in [1.82, 2.24) is 14.9 Å². The second kappa shape index (κ2) is 7.17. The smallest absolute Gasteiger partial charge is 0.316 e. The molecule has 0 radical (unpaired) electrons. The SMILES string of the molecule is CCn1c(=O)c(=O)[nH]c2cc(C(=O)N[C@@H](C)c3cccc(Cl)c3)ccc21. The van der Waals surface area contributed by atoms with Crippen LogP contribution in [0.1, 0.15) is 35.8 Å². The fourth-order valence-corrected chi connectivity index (χ4v) is 3.07. The second-order valence-electron chi connectivity index (χ2n) is 5.99. The van der Waals surface area contributed by atoms with Crippen LogP contribution in [0.2, 0.25) is 5.02 Å². The molecule has 3 aromatic rings. The first kappa shape index (κ1) is 17.9. The number of carbonyl (C=O) groups is 1. The van der Waals surface area contributed by atoms with E-state index in [0.717, 1.165) is 5.56 Å². The number of carbonyl (C=O) groups excluding carboxylic acids is 1. The highest BCUT2D eigenvalue weighted by Gasteiger charge is 2.14. The average molecular weight is 372 g/mol. The lowest BCUT2D eigenvalue weighted by Crippen LogP contribution is -2.36. The van der Waals surface area contributed by atoms with E-state index in [1.54, 1.807) is 37.3 Å². The van der Waals surface area contributed by atoms with Crippen molar-refractivity contribution in [2.75, 3.05) is 0 Å². The zero-order valence-electron chi connectivity index (χ0n) is 14.4. The first-order valence-corrected chi connectivity index (χ1v) is 8.61. The molecule has 0 saturated heterocycles. The van der Waals surface area contributed by atoms with E-state index < -0.39 is 11.1 Å². The minimum absolute atomic E-state index is 0.236. The van der Waals surface area contributed by atoms with Gasteiger partial charge in [0.05, 0.1) is 17.1 Å². The Morgan fingerprint density at radius 3 is 2.69 bits per heavy atom. The van der Waals surface area contributed by atoms with E-state index in [2.05, 4.69) is 10.3 Å². The summed E-state index contributed by atoms with van der Waals surface area (Å²) in [4.78, 5) is 38.8. The largest absolute Gasteiger partial charge is 0.346 e. The third-order valence-electron chi connectivity index (χ3n) is 4.25. The van der Waals surface area contributed by atoms with Crippen molar-refractivity contribution in [1.29, 1.82) is 0 Å². The van der Waals surface area contributed by atoms with Crippen molar-refractivity contribution in [2.24, 2.45) is 0 Å². The maximum absolute atomic E-state index is 12.6. The van der Waals surface area contributed by atoms with Gasteiger partial charge in [0, 0.05) is 17.1 Å². The highest BCUT2D eigenvalue weighted by atomic mass is 35.5. The summed E-state index contributed by atoms with van der Waals surface area (Å²) < 4.78 is 1.38. The number of aromatic amines is 1. The Balaban J connectivity index is 1.93. The van der Waals surface area contributed by atoms with E-state index in [1.165, 1.54) is 4.57 Å². The van der Waals surface area contributed by atoms with Crippen molar-refractivity contribution < 1.29 is 4.79 Å². The van der Waals surface area contributed by atoms with Gasteiger partial charge in [0.1, 0.15) is 0 Å². The van der Waals surface area contributed by atoms with Gasteiger partial charge in [0.2, 0.25) is 0 Å². The zero-order valence-corrected chi connectivity index (χ0v) is 15.1. The molecule has 134 valence electrons. The van der Waals surface area contributed by atoms with Gasteiger partial charge in [-0.15, -0.1) is 0 Å². The summed E-state index contributed by atoms with van der Waals surface area (Å²) in [6.07, 6.45) is 0. The molecule has 3 rings (SSSR count). The van der Waals surface area contributed by atoms with Crippen molar-refractivity contribution in [3.05, 3.63) is 79.3 Å². The summed E-state index contributed by atoms with van der Waals surface area (Å²) in [5.41, 5.74) is 0.996. The van der Waals surface area contributed by atoms with E-state index in [-0.39, 0.29) is 11.9 Å². The van der Waals surface area contributed by atoms with Crippen LogP contribution < -0.4 is 16.4 Å². The monoisotopic (exact) mass is 371 g/mol. The summed E-state index contributed by atoms with van der Waals surface area (Å²) in [7, 11) is 0. The molecule has 0 bridgehead atoms. The van der Waals surface area contributed by atoms with Crippen LogP contribution in [-0.2, 0) is 6.54 Å². The molecule has 0 fully saturated rings. The molecule has 2 aromatic carbocycles. The van der Waals surface area contributed by atoms with E-state index in [9.17, 15) is 14.4 Å². The fraction of sp³-hybridized carbons (Fsp3) is 0.211. The molecule has 1 heterocycles. The molecule has 1 atom stereocenters.